The molecule has 2 rings (SSSR count). The van der Waals surface area contributed by atoms with Crippen molar-refractivity contribution in [3.63, 3.8) is 0 Å². The molecule has 6 nitrogen and oxygen atoms in total. The molecule has 0 radical (unpaired) electrons. The van der Waals surface area contributed by atoms with E-state index in [-0.39, 0.29) is 36.2 Å². The van der Waals surface area contributed by atoms with Gasteiger partial charge in [0.05, 0.1) is 12.0 Å². The third kappa shape index (κ3) is 3.02. The molecule has 1 saturated heterocycles. The van der Waals surface area contributed by atoms with Gasteiger partial charge < -0.3 is 9.88 Å². The molecule has 3 amide bonds. The number of aromatic nitrogens is 1. The van der Waals surface area contributed by atoms with Crippen LogP contribution in [0, 0.1) is 13.8 Å². The molecule has 1 N–H and O–H groups in total. The third-order valence-electron chi connectivity index (χ3n) is 4.25. The van der Waals surface area contributed by atoms with Crippen molar-refractivity contribution in [3.05, 3.63) is 23.0 Å². The zero-order valence-corrected chi connectivity index (χ0v) is 14.6. The van der Waals surface area contributed by atoms with Gasteiger partial charge in [-0.05, 0) is 47.6 Å². The number of likely N-dealkylation sites (tertiary alicyclic amines) is 1. The van der Waals surface area contributed by atoms with Gasteiger partial charge in [0.2, 0.25) is 5.91 Å². The quantitative estimate of drug-likeness (QED) is 0.862. The average Bonchev–Trinajstić information content (AvgIpc) is 2.86. The molecule has 1 atom stereocenters. The number of aryl methyl sites for hydroxylation is 1. The highest BCUT2D eigenvalue weighted by molar-refractivity contribution is 6.08. The van der Waals surface area contributed by atoms with Crippen molar-refractivity contribution < 1.29 is 14.4 Å². The highest BCUT2D eigenvalue weighted by Gasteiger charge is 2.40. The molecule has 1 aromatic rings. The van der Waals surface area contributed by atoms with Crippen LogP contribution in [0.15, 0.2) is 6.07 Å². The van der Waals surface area contributed by atoms with E-state index < -0.39 is 6.04 Å². The fraction of sp³-hybridized carbons (Fsp3) is 0.588. The molecule has 1 aliphatic heterocycles. The Kier molecular flexibility index (Phi) is 4.63. The van der Waals surface area contributed by atoms with E-state index in [1.165, 1.54) is 4.90 Å². The molecule has 126 valence electrons. The Balaban J connectivity index is 2.19. The zero-order chi connectivity index (χ0) is 17.5. The van der Waals surface area contributed by atoms with Gasteiger partial charge in [0, 0.05) is 23.5 Å². The van der Waals surface area contributed by atoms with Crippen LogP contribution in [-0.4, -0.2) is 39.3 Å². The van der Waals surface area contributed by atoms with Crippen LogP contribution in [0.5, 0.6) is 0 Å². The van der Waals surface area contributed by atoms with Crippen molar-refractivity contribution in [1.29, 1.82) is 0 Å². The van der Waals surface area contributed by atoms with Crippen LogP contribution in [0.3, 0.4) is 0 Å². The Morgan fingerprint density at radius 2 is 1.78 bits per heavy atom. The number of nitrogens with one attached hydrogen (secondary N) is 1. The summed E-state index contributed by atoms with van der Waals surface area (Å²) in [5.74, 6) is -0.860. The van der Waals surface area contributed by atoms with Gasteiger partial charge in [-0.25, -0.2) is 0 Å². The summed E-state index contributed by atoms with van der Waals surface area (Å²) in [7, 11) is 0. The molecular formula is C17H25N3O3. The Bertz CT molecular complexity index is 658. The first-order valence-electron chi connectivity index (χ1n) is 8.00. The van der Waals surface area contributed by atoms with E-state index in [9.17, 15) is 14.4 Å². The first-order chi connectivity index (χ1) is 10.6. The molecule has 0 aliphatic carbocycles. The van der Waals surface area contributed by atoms with Crippen molar-refractivity contribution in [3.8, 4) is 0 Å². The van der Waals surface area contributed by atoms with E-state index in [2.05, 4.69) is 23.7 Å². The van der Waals surface area contributed by atoms with Crippen molar-refractivity contribution in [2.75, 3.05) is 0 Å². The van der Waals surface area contributed by atoms with Crippen LogP contribution in [-0.2, 0) is 9.59 Å². The zero-order valence-electron chi connectivity index (χ0n) is 14.6. The van der Waals surface area contributed by atoms with Crippen LogP contribution >= 0.6 is 0 Å². The van der Waals surface area contributed by atoms with Gasteiger partial charge in [0.25, 0.3) is 11.8 Å². The molecule has 1 aromatic heterocycles. The number of nitrogens with zero attached hydrogens (tertiary/aromatic N) is 2. The van der Waals surface area contributed by atoms with Crippen molar-refractivity contribution in [2.45, 2.75) is 66.1 Å². The Morgan fingerprint density at radius 3 is 2.22 bits per heavy atom. The third-order valence-corrected chi connectivity index (χ3v) is 4.25. The van der Waals surface area contributed by atoms with E-state index in [4.69, 9.17) is 0 Å². The summed E-state index contributed by atoms with van der Waals surface area (Å²) in [4.78, 5) is 37.9. The lowest BCUT2D eigenvalue weighted by Gasteiger charge is -2.19. The Morgan fingerprint density at radius 1 is 1.17 bits per heavy atom. The van der Waals surface area contributed by atoms with E-state index >= 15 is 0 Å². The summed E-state index contributed by atoms with van der Waals surface area (Å²) in [6.45, 7) is 11.5. The van der Waals surface area contributed by atoms with Gasteiger partial charge in [0.15, 0.2) is 0 Å². The van der Waals surface area contributed by atoms with Gasteiger partial charge in [0.1, 0.15) is 6.04 Å². The minimum Gasteiger partial charge on any atom is -0.346 e. The molecule has 6 heteroatoms. The van der Waals surface area contributed by atoms with Gasteiger partial charge >= 0.3 is 0 Å². The highest BCUT2D eigenvalue weighted by Crippen LogP contribution is 2.21. The van der Waals surface area contributed by atoms with Gasteiger partial charge in [-0.1, -0.05) is 0 Å². The summed E-state index contributed by atoms with van der Waals surface area (Å²) in [6, 6.07) is 1.12. The second-order valence-electron chi connectivity index (χ2n) is 6.67. The molecule has 0 aromatic carbocycles. The number of rotatable bonds is 4. The smallest absolute Gasteiger partial charge is 0.253 e. The normalized spacial score (nSPS) is 18.4. The predicted octanol–water partition coefficient (Wildman–Crippen LogP) is 1.95. The van der Waals surface area contributed by atoms with E-state index in [0.29, 0.717) is 5.56 Å². The van der Waals surface area contributed by atoms with Gasteiger partial charge in [-0.3, -0.25) is 19.3 Å². The predicted molar refractivity (Wildman–Crippen MR) is 87.2 cm³/mol. The second kappa shape index (κ2) is 6.18. The fourth-order valence-electron chi connectivity index (χ4n) is 3.34. The largest absolute Gasteiger partial charge is 0.346 e. The molecule has 0 bridgehead atoms. The lowest BCUT2D eigenvalue weighted by molar-refractivity contribution is -0.140. The van der Waals surface area contributed by atoms with Crippen LogP contribution in [0.4, 0.5) is 0 Å². The molecular weight excluding hydrogens is 294 g/mol. The average molecular weight is 319 g/mol. The van der Waals surface area contributed by atoms with E-state index in [1.54, 1.807) is 13.8 Å². The van der Waals surface area contributed by atoms with Crippen LogP contribution in [0.2, 0.25) is 0 Å². The molecule has 2 heterocycles. The number of amides is 3. The van der Waals surface area contributed by atoms with E-state index in [0.717, 1.165) is 11.4 Å². The maximum absolute atomic E-state index is 12.5. The second-order valence-corrected chi connectivity index (χ2v) is 6.67. The molecule has 0 spiro atoms. The molecule has 1 fully saturated rings. The molecule has 0 unspecified atom stereocenters. The summed E-state index contributed by atoms with van der Waals surface area (Å²) < 4.78 is 2.08. The van der Waals surface area contributed by atoms with Crippen molar-refractivity contribution in [1.82, 2.24) is 14.8 Å². The summed E-state index contributed by atoms with van der Waals surface area (Å²) >= 11 is 0. The van der Waals surface area contributed by atoms with Gasteiger partial charge in [-0.2, -0.15) is 0 Å². The summed E-state index contributed by atoms with van der Waals surface area (Å²) in [6.07, 6.45) is 0.0334. The van der Waals surface area contributed by atoms with Crippen LogP contribution < -0.4 is 5.32 Å². The van der Waals surface area contributed by atoms with Crippen molar-refractivity contribution in [2.24, 2.45) is 0 Å². The number of carbonyl (C=O) groups is 3. The van der Waals surface area contributed by atoms with Crippen LogP contribution in [0.1, 0.15) is 61.9 Å². The number of hydrogen-bond donors (Lipinski definition) is 1. The van der Waals surface area contributed by atoms with E-state index in [1.807, 2.05) is 19.9 Å². The first kappa shape index (κ1) is 17.2. The SMILES string of the molecule is Cc1cc(C(=O)N[C@H]2CC(=O)N(C(C)C)C2=O)c(C)n1C(C)C. The number of imide groups is 1. The summed E-state index contributed by atoms with van der Waals surface area (Å²) in [5, 5.41) is 2.72. The monoisotopic (exact) mass is 319 g/mol. The first-order valence-corrected chi connectivity index (χ1v) is 8.00. The lowest BCUT2D eigenvalue weighted by Crippen LogP contribution is -2.43. The maximum atomic E-state index is 12.5. The highest BCUT2D eigenvalue weighted by atomic mass is 16.2. The van der Waals surface area contributed by atoms with Gasteiger partial charge in [-0.15, -0.1) is 0 Å². The molecule has 0 saturated carbocycles. The fourth-order valence-corrected chi connectivity index (χ4v) is 3.34. The van der Waals surface area contributed by atoms with Crippen LogP contribution in [0.25, 0.3) is 0 Å². The molecule has 1 aliphatic rings. The summed E-state index contributed by atoms with van der Waals surface area (Å²) in [5.41, 5.74) is 2.42. The van der Waals surface area contributed by atoms with Crippen molar-refractivity contribution >= 4 is 17.7 Å². The Hall–Kier alpha value is -2.11. The maximum Gasteiger partial charge on any atom is 0.253 e. The lowest BCUT2D eigenvalue weighted by atomic mass is 10.2. The minimum absolute atomic E-state index is 0.0334. The standard InChI is InChI=1S/C17H25N3O3/c1-9(2)19-11(5)7-13(12(19)6)16(22)18-14-8-15(21)20(10(3)4)17(14)23/h7,9-10,14H,8H2,1-6H3,(H,18,22)/t14-/m0/s1. The minimum atomic E-state index is -0.764. The number of carbonyl (C=O) groups excluding carboxylic acids is 3. The topological polar surface area (TPSA) is 71.4 Å². The molecule has 23 heavy (non-hydrogen) atoms. The number of hydrogen-bond acceptors (Lipinski definition) is 3. The Labute approximate surface area is 136 Å².